The van der Waals surface area contributed by atoms with Crippen LogP contribution in [0.1, 0.15) is 30.0 Å². The van der Waals surface area contributed by atoms with Crippen LogP contribution in [0.5, 0.6) is 5.75 Å². The van der Waals surface area contributed by atoms with E-state index in [9.17, 15) is 13.2 Å². The first kappa shape index (κ1) is 12.2. The Labute approximate surface area is 97.8 Å². The van der Waals surface area contributed by atoms with Gasteiger partial charge < -0.3 is 10.1 Å². The van der Waals surface area contributed by atoms with Crippen LogP contribution in [0.15, 0.2) is 18.2 Å². The lowest BCUT2D eigenvalue weighted by atomic mass is 9.98. The second kappa shape index (κ2) is 4.56. The van der Waals surface area contributed by atoms with E-state index in [4.69, 9.17) is 4.74 Å². The van der Waals surface area contributed by atoms with Crippen molar-refractivity contribution >= 4 is 0 Å². The molecule has 1 aromatic carbocycles. The van der Waals surface area contributed by atoms with Gasteiger partial charge in [0.2, 0.25) is 0 Å². The molecule has 1 N–H and O–H groups in total. The number of nitrogens with one attached hydrogen (secondary N) is 1. The molecule has 1 atom stereocenters. The van der Waals surface area contributed by atoms with E-state index in [1.807, 2.05) is 0 Å². The van der Waals surface area contributed by atoms with Gasteiger partial charge in [0.05, 0.1) is 12.7 Å². The maximum Gasteiger partial charge on any atom is 0.416 e. The van der Waals surface area contributed by atoms with E-state index in [2.05, 4.69) is 5.32 Å². The van der Waals surface area contributed by atoms with Gasteiger partial charge in [-0.1, -0.05) is 6.07 Å². The Bertz CT molecular complexity index is 397. The molecule has 5 heteroatoms. The largest absolute Gasteiger partial charge is 0.497 e. The van der Waals surface area contributed by atoms with E-state index in [1.54, 1.807) is 6.07 Å². The summed E-state index contributed by atoms with van der Waals surface area (Å²) in [5, 5.41) is 3.08. The topological polar surface area (TPSA) is 21.3 Å². The first-order chi connectivity index (χ1) is 8.02. The van der Waals surface area contributed by atoms with E-state index >= 15 is 0 Å². The SMILES string of the molecule is COc1ccc([C@H]2CCCN2)c(C(F)(F)F)c1. The third kappa shape index (κ3) is 2.54. The zero-order valence-electron chi connectivity index (χ0n) is 9.47. The van der Waals surface area contributed by atoms with E-state index < -0.39 is 11.7 Å². The smallest absolute Gasteiger partial charge is 0.416 e. The highest BCUT2D eigenvalue weighted by atomic mass is 19.4. The molecule has 0 spiro atoms. The maximum absolute atomic E-state index is 12.9. The van der Waals surface area contributed by atoms with Crippen molar-refractivity contribution in [3.05, 3.63) is 29.3 Å². The third-order valence-electron chi connectivity index (χ3n) is 3.00. The summed E-state index contributed by atoms with van der Waals surface area (Å²) in [6.07, 6.45) is -2.68. The molecule has 1 saturated heterocycles. The van der Waals surface area contributed by atoms with Crippen molar-refractivity contribution in [1.82, 2.24) is 5.32 Å². The van der Waals surface area contributed by atoms with Crippen LogP contribution in [0.2, 0.25) is 0 Å². The number of hydrogen-bond acceptors (Lipinski definition) is 2. The van der Waals surface area contributed by atoms with Crippen LogP contribution in [-0.4, -0.2) is 13.7 Å². The summed E-state index contributed by atoms with van der Waals surface area (Å²) in [5.74, 6) is 0.235. The van der Waals surface area contributed by atoms with Gasteiger partial charge in [-0.15, -0.1) is 0 Å². The lowest BCUT2D eigenvalue weighted by Gasteiger charge is -2.18. The van der Waals surface area contributed by atoms with Gasteiger partial charge in [-0.05, 0) is 37.1 Å². The minimum atomic E-state index is -4.34. The summed E-state index contributed by atoms with van der Waals surface area (Å²) in [7, 11) is 1.36. The van der Waals surface area contributed by atoms with Gasteiger partial charge in [-0.3, -0.25) is 0 Å². The van der Waals surface area contributed by atoms with Gasteiger partial charge >= 0.3 is 6.18 Å². The van der Waals surface area contributed by atoms with Crippen LogP contribution in [0.3, 0.4) is 0 Å². The van der Waals surface area contributed by atoms with Crippen LogP contribution in [-0.2, 0) is 6.18 Å². The molecule has 1 aliphatic heterocycles. The van der Waals surface area contributed by atoms with Crippen molar-refractivity contribution in [3.8, 4) is 5.75 Å². The molecule has 0 amide bonds. The quantitative estimate of drug-likeness (QED) is 0.864. The van der Waals surface area contributed by atoms with E-state index in [0.29, 0.717) is 5.56 Å². The van der Waals surface area contributed by atoms with Crippen molar-refractivity contribution in [2.45, 2.75) is 25.1 Å². The Hall–Kier alpha value is -1.23. The molecule has 1 heterocycles. The number of rotatable bonds is 2. The predicted molar refractivity (Wildman–Crippen MR) is 58.0 cm³/mol. The molecule has 0 aliphatic carbocycles. The highest BCUT2D eigenvalue weighted by Gasteiger charge is 2.36. The van der Waals surface area contributed by atoms with Gasteiger partial charge in [0, 0.05) is 6.04 Å². The van der Waals surface area contributed by atoms with Crippen LogP contribution in [0, 0.1) is 0 Å². The minimum Gasteiger partial charge on any atom is -0.497 e. The highest BCUT2D eigenvalue weighted by Crippen LogP contribution is 2.38. The molecule has 94 valence electrons. The molecule has 2 nitrogen and oxygen atoms in total. The number of benzene rings is 1. The molecule has 0 unspecified atom stereocenters. The summed E-state index contributed by atoms with van der Waals surface area (Å²) in [4.78, 5) is 0. The number of hydrogen-bond donors (Lipinski definition) is 1. The summed E-state index contributed by atoms with van der Waals surface area (Å²) in [5.41, 5.74) is -0.285. The normalized spacial score (nSPS) is 20.6. The molecule has 1 fully saturated rings. The summed E-state index contributed by atoms with van der Waals surface area (Å²) in [6.45, 7) is 0.772. The van der Waals surface area contributed by atoms with E-state index in [-0.39, 0.29) is 11.8 Å². The van der Waals surface area contributed by atoms with Crippen LogP contribution >= 0.6 is 0 Å². The number of ether oxygens (including phenoxy) is 1. The lowest BCUT2D eigenvalue weighted by Crippen LogP contribution is -2.18. The van der Waals surface area contributed by atoms with Crippen LogP contribution in [0.25, 0.3) is 0 Å². The maximum atomic E-state index is 12.9. The Morgan fingerprint density at radius 3 is 2.65 bits per heavy atom. The molecular weight excluding hydrogens is 231 g/mol. The first-order valence-electron chi connectivity index (χ1n) is 5.51. The van der Waals surface area contributed by atoms with E-state index in [1.165, 1.54) is 13.2 Å². The van der Waals surface area contributed by atoms with Gasteiger partial charge in [-0.2, -0.15) is 13.2 Å². The van der Waals surface area contributed by atoms with Gasteiger partial charge in [0.15, 0.2) is 0 Å². The van der Waals surface area contributed by atoms with Gasteiger partial charge in [0.1, 0.15) is 5.75 Å². The van der Waals surface area contributed by atoms with Crippen LogP contribution in [0.4, 0.5) is 13.2 Å². The average Bonchev–Trinajstić information content (AvgIpc) is 2.80. The fourth-order valence-corrected chi connectivity index (χ4v) is 2.16. The fourth-order valence-electron chi connectivity index (χ4n) is 2.16. The number of alkyl halides is 3. The highest BCUT2D eigenvalue weighted by molar-refractivity contribution is 5.39. The van der Waals surface area contributed by atoms with Crippen LogP contribution < -0.4 is 10.1 Å². The van der Waals surface area contributed by atoms with Crippen molar-refractivity contribution < 1.29 is 17.9 Å². The molecule has 2 rings (SSSR count). The van der Waals surface area contributed by atoms with E-state index in [0.717, 1.165) is 25.5 Å². The Balaban J connectivity index is 2.42. The second-order valence-corrected chi connectivity index (χ2v) is 4.10. The standard InChI is InChI=1S/C12H14F3NO/c1-17-8-4-5-9(11-3-2-6-16-11)10(7-8)12(13,14)15/h4-5,7,11,16H,2-3,6H2,1H3/t11-/m1/s1. The first-order valence-corrected chi connectivity index (χ1v) is 5.51. The van der Waals surface area contributed by atoms with Crippen molar-refractivity contribution in [1.29, 1.82) is 0 Å². The lowest BCUT2D eigenvalue weighted by molar-refractivity contribution is -0.138. The molecule has 0 radical (unpaired) electrons. The minimum absolute atomic E-state index is 0.197. The average molecular weight is 245 g/mol. The number of halogens is 3. The fraction of sp³-hybridized carbons (Fsp3) is 0.500. The molecular formula is C12H14F3NO. The second-order valence-electron chi connectivity index (χ2n) is 4.10. The molecule has 0 saturated carbocycles. The molecule has 1 aromatic rings. The summed E-state index contributed by atoms with van der Waals surface area (Å²) in [6, 6.07) is 3.95. The monoisotopic (exact) mass is 245 g/mol. The Kier molecular flexibility index (Phi) is 3.28. The predicted octanol–water partition coefficient (Wildman–Crippen LogP) is 3.14. The molecule has 17 heavy (non-hydrogen) atoms. The van der Waals surface area contributed by atoms with Gasteiger partial charge in [0.25, 0.3) is 0 Å². The summed E-state index contributed by atoms with van der Waals surface area (Å²) >= 11 is 0. The summed E-state index contributed by atoms with van der Waals surface area (Å²) < 4.78 is 43.7. The van der Waals surface area contributed by atoms with Crippen molar-refractivity contribution in [2.75, 3.05) is 13.7 Å². The Morgan fingerprint density at radius 2 is 2.12 bits per heavy atom. The molecule has 0 bridgehead atoms. The molecule has 1 aliphatic rings. The zero-order valence-corrected chi connectivity index (χ0v) is 9.47. The number of methoxy groups -OCH3 is 1. The van der Waals surface area contributed by atoms with Crippen molar-refractivity contribution in [3.63, 3.8) is 0 Å². The van der Waals surface area contributed by atoms with Crippen molar-refractivity contribution in [2.24, 2.45) is 0 Å². The third-order valence-corrected chi connectivity index (χ3v) is 3.00. The van der Waals surface area contributed by atoms with Gasteiger partial charge in [-0.25, -0.2) is 0 Å². The Morgan fingerprint density at radius 1 is 1.35 bits per heavy atom. The zero-order chi connectivity index (χ0) is 12.5. The molecule has 0 aromatic heterocycles.